The number of non-ortho nitro benzene ring substituents is 1. The molecule has 1 atom stereocenters. The number of aromatic nitrogens is 2. The van der Waals surface area contributed by atoms with Crippen molar-refractivity contribution in [2.24, 2.45) is 0 Å². The van der Waals surface area contributed by atoms with E-state index < -0.39 is 11.0 Å². The summed E-state index contributed by atoms with van der Waals surface area (Å²) in [6.45, 7) is -0.337. The SMILES string of the molecule is O=[N+]([O-])c1ccc2ncnc(SCC(O)CO)c2c1. The minimum Gasteiger partial charge on any atom is -0.394 e. The van der Waals surface area contributed by atoms with E-state index in [1.807, 2.05) is 0 Å². The summed E-state index contributed by atoms with van der Waals surface area (Å²) in [4.78, 5) is 18.4. The van der Waals surface area contributed by atoms with Gasteiger partial charge in [-0.15, -0.1) is 11.8 Å². The second-order valence-electron chi connectivity index (χ2n) is 3.78. The number of hydrogen-bond donors (Lipinski definition) is 2. The summed E-state index contributed by atoms with van der Waals surface area (Å²) in [5.74, 6) is 0.255. The molecule has 0 aliphatic rings. The Morgan fingerprint density at radius 3 is 2.89 bits per heavy atom. The van der Waals surface area contributed by atoms with Crippen molar-refractivity contribution >= 4 is 28.4 Å². The topological polar surface area (TPSA) is 109 Å². The Morgan fingerprint density at radius 2 is 2.21 bits per heavy atom. The zero-order valence-electron chi connectivity index (χ0n) is 9.76. The number of fused-ring (bicyclic) bond motifs is 1. The maximum atomic E-state index is 10.8. The van der Waals surface area contributed by atoms with Crippen LogP contribution in [0.1, 0.15) is 0 Å². The lowest BCUT2D eigenvalue weighted by Gasteiger charge is -2.07. The third-order valence-electron chi connectivity index (χ3n) is 2.42. The first-order chi connectivity index (χ1) is 9.11. The molecule has 1 aromatic carbocycles. The van der Waals surface area contributed by atoms with Gasteiger partial charge in [0.1, 0.15) is 11.4 Å². The van der Waals surface area contributed by atoms with Crippen LogP contribution >= 0.6 is 11.8 Å². The molecule has 0 spiro atoms. The van der Waals surface area contributed by atoms with E-state index in [1.54, 1.807) is 6.07 Å². The van der Waals surface area contributed by atoms with Crippen LogP contribution in [0.5, 0.6) is 0 Å². The predicted molar refractivity (Wildman–Crippen MR) is 70.0 cm³/mol. The lowest BCUT2D eigenvalue weighted by Crippen LogP contribution is -2.14. The summed E-state index contributed by atoms with van der Waals surface area (Å²) in [5, 5.41) is 29.9. The van der Waals surface area contributed by atoms with Crippen LogP contribution in [0.15, 0.2) is 29.6 Å². The lowest BCUT2D eigenvalue weighted by molar-refractivity contribution is -0.384. The van der Waals surface area contributed by atoms with Gasteiger partial charge in [-0.2, -0.15) is 0 Å². The van der Waals surface area contributed by atoms with Gasteiger partial charge in [-0.05, 0) is 6.07 Å². The van der Waals surface area contributed by atoms with Gasteiger partial charge in [-0.3, -0.25) is 10.1 Å². The van der Waals surface area contributed by atoms with E-state index in [-0.39, 0.29) is 18.0 Å². The zero-order chi connectivity index (χ0) is 13.8. The Morgan fingerprint density at radius 1 is 1.42 bits per heavy atom. The Labute approximate surface area is 112 Å². The highest BCUT2D eigenvalue weighted by molar-refractivity contribution is 7.99. The number of benzene rings is 1. The first kappa shape index (κ1) is 13.7. The molecule has 0 aliphatic heterocycles. The molecular weight excluding hydrogens is 270 g/mol. The smallest absolute Gasteiger partial charge is 0.270 e. The molecule has 0 aliphatic carbocycles. The van der Waals surface area contributed by atoms with Crippen molar-refractivity contribution in [1.29, 1.82) is 0 Å². The van der Waals surface area contributed by atoms with Crippen LogP contribution < -0.4 is 0 Å². The molecule has 1 unspecified atom stereocenters. The molecule has 1 heterocycles. The number of aliphatic hydroxyl groups is 2. The number of hydrogen-bond acceptors (Lipinski definition) is 7. The molecule has 19 heavy (non-hydrogen) atoms. The lowest BCUT2D eigenvalue weighted by atomic mass is 10.2. The third kappa shape index (κ3) is 3.16. The van der Waals surface area contributed by atoms with E-state index in [1.165, 1.54) is 30.2 Å². The summed E-state index contributed by atoms with van der Waals surface area (Å²) >= 11 is 1.22. The molecule has 0 saturated heterocycles. The monoisotopic (exact) mass is 281 g/mol. The van der Waals surface area contributed by atoms with Gasteiger partial charge in [-0.1, -0.05) is 0 Å². The standard InChI is InChI=1S/C11H11N3O4S/c15-4-8(16)5-19-11-9-3-7(14(17)18)1-2-10(9)12-6-13-11/h1-3,6,8,15-16H,4-5H2. The van der Waals surface area contributed by atoms with E-state index in [2.05, 4.69) is 9.97 Å². The fourth-order valence-electron chi connectivity index (χ4n) is 1.48. The number of aliphatic hydroxyl groups excluding tert-OH is 2. The molecule has 0 bridgehead atoms. The van der Waals surface area contributed by atoms with Gasteiger partial charge in [0.05, 0.1) is 23.2 Å². The maximum Gasteiger partial charge on any atom is 0.270 e. The molecule has 8 heteroatoms. The van der Waals surface area contributed by atoms with Crippen molar-refractivity contribution in [2.75, 3.05) is 12.4 Å². The zero-order valence-corrected chi connectivity index (χ0v) is 10.6. The molecule has 0 amide bonds. The van der Waals surface area contributed by atoms with E-state index in [0.29, 0.717) is 15.9 Å². The third-order valence-corrected chi connectivity index (χ3v) is 3.57. The molecule has 0 radical (unpaired) electrons. The maximum absolute atomic E-state index is 10.8. The molecule has 1 aromatic heterocycles. The molecule has 2 rings (SSSR count). The minimum absolute atomic E-state index is 0.0353. The van der Waals surface area contributed by atoms with Crippen LogP contribution in [-0.4, -0.2) is 43.6 Å². The van der Waals surface area contributed by atoms with Crippen molar-refractivity contribution < 1.29 is 15.1 Å². The first-order valence-electron chi connectivity index (χ1n) is 5.42. The van der Waals surface area contributed by atoms with Crippen molar-refractivity contribution in [2.45, 2.75) is 11.1 Å². The fraction of sp³-hybridized carbons (Fsp3) is 0.273. The van der Waals surface area contributed by atoms with Crippen molar-refractivity contribution in [3.8, 4) is 0 Å². The van der Waals surface area contributed by atoms with Crippen molar-refractivity contribution in [3.63, 3.8) is 0 Å². The van der Waals surface area contributed by atoms with Gasteiger partial charge in [0.25, 0.3) is 5.69 Å². The van der Waals surface area contributed by atoms with E-state index in [9.17, 15) is 15.2 Å². The van der Waals surface area contributed by atoms with Crippen LogP contribution in [0, 0.1) is 10.1 Å². The summed E-state index contributed by atoms with van der Waals surface area (Å²) < 4.78 is 0. The molecule has 7 nitrogen and oxygen atoms in total. The number of nitrogens with zero attached hydrogens (tertiary/aromatic N) is 3. The van der Waals surface area contributed by atoms with Crippen LogP contribution in [0.25, 0.3) is 10.9 Å². The minimum atomic E-state index is -0.853. The summed E-state index contributed by atoms with van der Waals surface area (Å²) in [6, 6.07) is 4.34. The fourth-order valence-corrected chi connectivity index (χ4v) is 2.37. The van der Waals surface area contributed by atoms with Gasteiger partial charge < -0.3 is 10.2 Å². The number of rotatable bonds is 5. The number of thioether (sulfide) groups is 1. The van der Waals surface area contributed by atoms with E-state index in [0.717, 1.165) is 0 Å². The number of nitro groups is 1. The molecule has 0 saturated carbocycles. The second kappa shape index (κ2) is 5.91. The van der Waals surface area contributed by atoms with Gasteiger partial charge in [0, 0.05) is 23.3 Å². The van der Waals surface area contributed by atoms with Crippen LogP contribution in [0.4, 0.5) is 5.69 Å². The predicted octanol–water partition coefficient (Wildman–Crippen LogP) is 0.983. The molecule has 100 valence electrons. The van der Waals surface area contributed by atoms with Crippen LogP contribution in [-0.2, 0) is 0 Å². The van der Waals surface area contributed by atoms with Gasteiger partial charge in [0.2, 0.25) is 0 Å². The highest BCUT2D eigenvalue weighted by Crippen LogP contribution is 2.27. The average Bonchev–Trinajstić information content (AvgIpc) is 2.43. The summed E-state index contributed by atoms with van der Waals surface area (Å²) in [6.07, 6.45) is 0.510. The van der Waals surface area contributed by atoms with Gasteiger partial charge >= 0.3 is 0 Å². The first-order valence-corrected chi connectivity index (χ1v) is 6.41. The average molecular weight is 281 g/mol. The molecule has 2 aromatic rings. The Bertz CT molecular complexity index is 608. The normalized spacial score (nSPS) is 12.5. The van der Waals surface area contributed by atoms with Crippen LogP contribution in [0.3, 0.4) is 0 Å². The molecule has 0 fully saturated rings. The highest BCUT2D eigenvalue weighted by atomic mass is 32.2. The Balaban J connectivity index is 2.37. The Kier molecular flexibility index (Phi) is 4.25. The quantitative estimate of drug-likeness (QED) is 0.364. The van der Waals surface area contributed by atoms with E-state index in [4.69, 9.17) is 5.11 Å². The van der Waals surface area contributed by atoms with Gasteiger partial charge in [-0.25, -0.2) is 9.97 Å². The van der Waals surface area contributed by atoms with Gasteiger partial charge in [0.15, 0.2) is 0 Å². The van der Waals surface area contributed by atoms with E-state index >= 15 is 0 Å². The number of nitro benzene ring substituents is 1. The second-order valence-corrected chi connectivity index (χ2v) is 4.79. The van der Waals surface area contributed by atoms with Crippen molar-refractivity contribution in [1.82, 2.24) is 9.97 Å². The van der Waals surface area contributed by atoms with Crippen molar-refractivity contribution in [3.05, 3.63) is 34.6 Å². The van der Waals surface area contributed by atoms with Crippen LogP contribution in [0.2, 0.25) is 0 Å². The Hall–Kier alpha value is -1.77. The highest BCUT2D eigenvalue weighted by Gasteiger charge is 2.12. The molecular formula is C11H11N3O4S. The summed E-state index contributed by atoms with van der Waals surface area (Å²) in [5.41, 5.74) is 0.563. The molecule has 2 N–H and O–H groups in total. The largest absolute Gasteiger partial charge is 0.394 e. The summed E-state index contributed by atoms with van der Waals surface area (Å²) in [7, 11) is 0.